The summed E-state index contributed by atoms with van der Waals surface area (Å²) < 4.78 is 5.07. The van der Waals surface area contributed by atoms with Crippen LogP contribution in [0.1, 0.15) is 38.4 Å². The van der Waals surface area contributed by atoms with Gasteiger partial charge in [0, 0.05) is 17.2 Å². The van der Waals surface area contributed by atoms with E-state index in [2.05, 4.69) is 4.99 Å². The van der Waals surface area contributed by atoms with Gasteiger partial charge in [0.2, 0.25) is 0 Å². The molecule has 0 atom stereocenters. The normalized spacial score (nSPS) is 11.4. The fourth-order valence-electron chi connectivity index (χ4n) is 2.84. The standard InChI is InChI=1S/C22H19NO3/c1-14-9-11-18(12-10-14)21(17-7-5-4-6-8-17)23-22(25)20-15(2)13-19(24)26-16(20)3/h4-13H,1-3H3. The van der Waals surface area contributed by atoms with Gasteiger partial charge in [-0.25, -0.2) is 9.79 Å². The molecule has 4 nitrogen and oxygen atoms in total. The van der Waals surface area contributed by atoms with Gasteiger partial charge in [-0.15, -0.1) is 0 Å². The quantitative estimate of drug-likeness (QED) is 0.667. The Kier molecular flexibility index (Phi) is 4.94. The maximum absolute atomic E-state index is 12.9. The van der Waals surface area contributed by atoms with Gasteiger partial charge in [-0.2, -0.15) is 0 Å². The van der Waals surface area contributed by atoms with Gasteiger partial charge >= 0.3 is 5.63 Å². The summed E-state index contributed by atoms with van der Waals surface area (Å²) in [7, 11) is 0. The molecule has 1 aromatic heterocycles. The summed E-state index contributed by atoms with van der Waals surface area (Å²) in [5.74, 6) is -0.150. The molecular formula is C22H19NO3. The Bertz CT molecular complexity index is 1000. The summed E-state index contributed by atoms with van der Waals surface area (Å²) in [6.45, 7) is 5.32. The van der Waals surface area contributed by atoms with Crippen LogP contribution in [0.4, 0.5) is 0 Å². The first kappa shape index (κ1) is 17.5. The van der Waals surface area contributed by atoms with Gasteiger partial charge < -0.3 is 4.42 Å². The average Bonchev–Trinajstić information content (AvgIpc) is 2.60. The number of hydrogen-bond donors (Lipinski definition) is 0. The van der Waals surface area contributed by atoms with Crippen LogP contribution in [0.15, 0.2) is 74.9 Å². The van der Waals surface area contributed by atoms with Crippen molar-refractivity contribution in [2.75, 3.05) is 0 Å². The molecule has 0 bridgehead atoms. The van der Waals surface area contributed by atoms with Crippen molar-refractivity contribution < 1.29 is 9.21 Å². The molecule has 130 valence electrons. The minimum Gasteiger partial charge on any atom is -0.427 e. The van der Waals surface area contributed by atoms with E-state index in [9.17, 15) is 9.59 Å². The van der Waals surface area contributed by atoms with Crippen molar-refractivity contribution in [2.45, 2.75) is 20.8 Å². The zero-order valence-electron chi connectivity index (χ0n) is 14.9. The van der Waals surface area contributed by atoms with Crippen LogP contribution in [-0.2, 0) is 0 Å². The third-order valence-electron chi connectivity index (χ3n) is 4.13. The fourth-order valence-corrected chi connectivity index (χ4v) is 2.84. The highest BCUT2D eigenvalue weighted by molar-refractivity contribution is 6.19. The van der Waals surface area contributed by atoms with E-state index in [0.717, 1.165) is 16.7 Å². The molecule has 0 spiro atoms. The van der Waals surface area contributed by atoms with Gasteiger partial charge in [0.1, 0.15) is 5.76 Å². The molecule has 1 heterocycles. The lowest BCUT2D eigenvalue weighted by molar-refractivity contribution is 0.0999. The molecule has 2 aromatic carbocycles. The van der Waals surface area contributed by atoms with Crippen LogP contribution >= 0.6 is 0 Å². The first-order chi connectivity index (χ1) is 12.5. The maximum atomic E-state index is 12.9. The number of aryl methyl sites for hydroxylation is 3. The van der Waals surface area contributed by atoms with Crippen LogP contribution < -0.4 is 5.63 Å². The molecular weight excluding hydrogens is 326 g/mol. The molecule has 4 heteroatoms. The molecule has 3 aromatic rings. The highest BCUT2D eigenvalue weighted by Gasteiger charge is 2.17. The van der Waals surface area contributed by atoms with E-state index in [4.69, 9.17) is 4.42 Å². The zero-order chi connectivity index (χ0) is 18.7. The van der Waals surface area contributed by atoms with E-state index in [1.807, 2.05) is 61.5 Å². The highest BCUT2D eigenvalue weighted by atomic mass is 16.4. The van der Waals surface area contributed by atoms with Crippen LogP contribution in [0.5, 0.6) is 0 Å². The maximum Gasteiger partial charge on any atom is 0.336 e. The molecule has 1 amide bonds. The topological polar surface area (TPSA) is 59.6 Å². The molecule has 26 heavy (non-hydrogen) atoms. The summed E-state index contributed by atoms with van der Waals surface area (Å²) >= 11 is 0. The summed E-state index contributed by atoms with van der Waals surface area (Å²) in [6.07, 6.45) is 0. The number of benzene rings is 2. The molecule has 0 aliphatic carbocycles. The van der Waals surface area contributed by atoms with Crippen molar-refractivity contribution in [2.24, 2.45) is 4.99 Å². The van der Waals surface area contributed by atoms with Gasteiger partial charge in [-0.1, -0.05) is 60.2 Å². The van der Waals surface area contributed by atoms with Crippen molar-refractivity contribution >= 4 is 11.6 Å². The molecule has 0 saturated carbocycles. The van der Waals surface area contributed by atoms with E-state index in [-0.39, 0.29) is 5.76 Å². The van der Waals surface area contributed by atoms with Gasteiger partial charge in [0.05, 0.1) is 11.3 Å². The SMILES string of the molecule is Cc1ccc(C(=NC(=O)c2c(C)cc(=O)oc2C)c2ccccc2)cc1. The Morgan fingerprint density at radius 3 is 2.12 bits per heavy atom. The van der Waals surface area contributed by atoms with E-state index in [0.29, 0.717) is 16.8 Å². The van der Waals surface area contributed by atoms with Crippen LogP contribution in [-0.4, -0.2) is 11.6 Å². The van der Waals surface area contributed by atoms with E-state index >= 15 is 0 Å². The second-order valence-electron chi connectivity index (χ2n) is 6.18. The average molecular weight is 345 g/mol. The lowest BCUT2D eigenvalue weighted by atomic mass is 10.0. The van der Waals surface area contributed by atoms with E-state index in [1.165, 1.54) is 6.07 Å². The van der Waals surface area contributed by atoms with Crippen molar-refractivity contribution in [3.8, 4) is 0 Å². The van der Waals surface area contributed by atoms with Crippen molar-refractivity contribution in [3.05, 3.63) is 105 Å². The minimum absolute atomic E-state index is 0.278. The Hall–Kier alpha value is -3.27. The van der Waals surface area contributed by atoms with Crippen molar-refractivity contribution in [1.29, 1.82) is 0 Å². The summed E-state index contributed by atoms with van der Waals surface area (Å²) in [5.41, 5.74) is 3.82. The van der Waals surface area contributed by atoms with Crippen LogP contribution in [0.2, 0.25) is 0 Å². The van der Waals surface area contributed by atoms with Crippen LogP contribution in [0.25, 0.3) is 0 Å². The molecule has 0 aliphatic heterocycles. The first-order valence-corrected chi connectivity index (χ1v) is 8.32. The number of carbonyl (C=O) groups is 1. The second kappa shape index (κ2) is 7.31. The lowest BCUT2D eigenvalue weighted by Crippen LogP contribution is -2.12. The van der Waals surface area contributed by atoms with Crippen molar-refractivity contribution in [3.63, 3.8) is 0 Å². The van der Waals surface area contributed by atoms with Gasteiger partial charge in [-0.3, -0.25) is 4.79 Å². The predicted octanol–water partition coefficient (Wildman–Crippen LogP) is 4.24. The predicted molar refractivity (Wildman–Crippen MR) is 102 cm³/mol. The summed E-state index contributed by atoms with van der Waals surface area (Å²) in [6, 6.07) is 18.7. The number of carbonyl (C=O) groups excluding carboxylic acids is 1. The zero-order valence-corrected chi connectivity index (χ0v) is 14.9. The summed E-state index contributed by atoms with van der Waals surface area (Å²) in [5, 5.41) is 0. The van der Waals surface area contributed by atoms with Gasteiger partial charge in [0.15, 0.2) is 0 Å². The van der Waals surface area contributed by atoms with Gasteiger partial charge in [-0.05, 0) is 26.3 Å². The summed E-state index contributed by atoms with van der Waals surface area (Å²) in [4.78, 5) is 28.7. The van der Waals surface area contributed by atoms with Crippen LogP contribution in [0, 0.1) is 20.8 Å². The molecule has 0 aliphatic rings. The Morgan fingerprint density at radius 1 is 0.885 bits per heavy atom. The molecule has 0 unspecified atom stereocenters. The number of nitrogens with zero attached hydrogens (tertiary/aromatic N) is 1. The van der Waals surface area contributed by atoms with Crippen molar-refractivity contribution in [1.82, 2.24) is 0 Å². The number of rotatable bonds is 3. The van der Waals surface area contributed by atoms with E-state index < -0.39 is 11.5 Å². The van der Waals surface area contributed by atoms with E-state index in [1.54, 1.807) is 13.8 Å². The Balaban J connectivity index is 2.14. The van der Waals surface area contributed by atoms with Crippen LogP contribution in [0.3, 0.4) is 0 Å². The number of hydrogen-bond acceptors (Lipinski definition) is 3. The molecule has 0 N–H and O–H groups in total. The first-order valence-electron chi connectivity index (χ1n) is 8.32. The fraction of sp³-hybridized carbons (Fsp3) is 0.136. The number of aliphatic imine (C=N–C) groups is 1. The minimum atomic E-state index is -0.470. The lowest BCUT2D eigenvalue weighted by Gasteiger charge is -2.09. The Labute approximate surface area is 151 Å². The molecule has 0 saturated heterocycles. The monoisotopic (exact) mass is 345 g/mol. The molecule has 0 radical (unpaired) electrons. The number of amides is 1. The molecule has 0 fully saturated rings. The van der Waals surface area contributed by atoms with Gasteiger partial charge in [0.25, 0.3) is 5.91 Å². The third-order valence-corrected chi connectivity index (χ3v) is 4.13. The largest absolute Gasteiger partial charge is 0.427 e. The molecule has 3 rings (SSSR count). The Morgan fingerprint density at radius 2 is 1.50 bits per heavy atom. The second-order valence-corrected chi connectivity index (χ2v) is 6.18. The smallest absolute Gasteiger partial charge is 0.336 e. The third kappa shape index (κ3) is 3.70. The highest BCUT2D eigenvalue weighted by Crippen LogP contribution is 2.17.